The average molecular weight is 283 g/mol. The van der Waals surface area contributed by atoms with Crippen molar-refractivity contribution < 1.29 is 9.90 Å². The zero-order valence-corrected chi connectivity index (χ0v) is 12.5. The first-order valence-electron chi connectivity index (χ1n) is 6.57. The lowest BCUT2D eigenvalue weighted by molar-refractivity contribution is 0.0697. The lowest BCUT2D eigenvalue weighted by Gasteiger charge is -2.36. The molecule has 1 heterocycles. The Hall–Kier alpha value is -1.14. The van der Waals surface area contributed by atoms with Gasteiger partial charge in [0.25, 0.3) is 0 Å². The summed E-state index contributed by atoms with van der Waals surface area (Å²) >= 11 is 1.24. The Labute approximate surface area is 117 Å². The van der Waals surface area contributed by atoms with Crippen LogP contribution in [0.15, 0.2) is 0 Å². The van der Waals surface area contributed by atoms with Crippen LogP contribution in [-0.4, -0.2) is 46.5 Å². The van der Waals surface area contributed by atoms with Gasteiger partial charge in [0.05, 0.1) is 5.69 Å². The van der Waals surface area contributed by atoms with Crippen molar-refractivity contribution in [2.45, 2.75) is 38.1 Å². The third kappa shape index (κ3) is 2.74. The molecule has 0 unspecified atom stereocenters. The summed E-state index contributed by atoms with van der Waals surface area (Å²) in [7, 11) is 4.20. The zero-order valence-electron chi connectivity index (χ0n) is 11.7. The van der Waals surface area contributed by atoms with E-state index in [1.807, 2.05) is 0 Å². The number of carboxylic acids is 1. The maximum atomic E-state index is 11.2. The van der Waals surface area contributed by atoms with Crippen molar-refractivity contribution >= 4 is 22.5 Å². The SMILES string of the molecule is Cc1nsc(NCC2(N(C)C)CCCC2)c1C(=O)O. The minimum Gasteiger partial charge on any atom is -0.478 e. The van der Waals surface area contributed by atoms with Gasteiger partial charge >= 0.3 is 5.97 Å². The van der Waals surface area contributed by atoms with Gasteiger partial charge in [0.2, 0.25) is 0 Å². The number of carboxylic acid groups (broad SMARTS) is 1. The molecule has 0 aliphatic heterocycles. The Morgan fingerprint density at radius 3 is 2.63 bits per heavy atom. The van der Waals surface area contributed by atoms with Crippen LogP contribution in [0.1, 0.15) is 41.7 Å². The molecule has 6 heteroatoms. The maximum absolute atomic E-state index is 11.2. The van der Waals surface area contributed by atoms with Gasteiger partial charge in [0.1, 0.15) is 10.6 Å². The first-order valence-corrected chi connectivity index (χ1v) is 7.34. The van der Waals surface area contributed by atoms with Crippen LogP contribution in [-0.2, 0) is 0 Å². The normalized spacial score (nSPS) is 17.9. The van der Waals surface area contributed by atoms with Crippen molar-refractivity contribution in [3.05, 3.63) is 11.3 Å². The van der Waals surface area contributed by atoms with E-state index in [9.17, 15) is 9.90 Å². The largest absolute Gasteiger partial charge is 0.478 e. The molecule has 0 aromatic carbocycles. The van der Waals surface area contributed by atoms with Gasteiger partial charge in [-0.15, -0.1) is 0 Å². The molecule has 2 N–H and O–H groups in total. The van der Waals surface area contributed by atoms with Crippen LogP contribution in [0, 0.1) is 6.92 Å². The van der Waals surface area contributed by atoms with Crippen LogP contribution in [0.25, 0.3) is 0 Å². The fourth-order valence-corrected chi connectivity index (χ4v) is 3.58. The standard InChI is InChI=1S/C13H21N3O2S/c1-9-10(12(17)18)11(19-15-9)14-8-13(16(2)3)6-4-5-7-13/h14H,4-8H2,1-3H3,(H,17,18). The smallest absolute Gasteiger partial charge is 0.340 e. The number of rotatable bonds is 5. The van der Waals surface area contributed by atoms with Crippen molar-refractivity contribution in [1.29, 1.82) is 0 Å². The number of hydrogen-bond donors (Lipinski definition) is 2. The molecule has 0 spiro atoms. The third-order valence-corrected chi connectivity index (χ3v) is 5.03. The second-order valence-corrected chi connectivity index (χ2v) is 6.23. The summed E-state index contributed by atoms with van der Waals surface area (Å²) < 4.78 is 4.14. The number of hydrogen-bond acceptors (Lipinski definition) is 5. The van der Waals surface area contributed by atoms with Crippen LogP contribution in [0.3, 0.4) is 0 Å². The van der Waals surface area contributed by atoms with Gasteiger partial charge in [0, 0.05) is 12.1 Å². The molecule has 1 aliphatic carbocycles. The van der Waals surface area contributed by atoms with Gasteiger partial charge in [-0.3, -0.25) is 0 Å². The Balaban J connectivity index is 2.12. The van der Waals surface area contributed by atoms with E-state index in [4.69, 9.17) is 0 Å². The molecule has 0 saturated heterocycles. The van der Waals surface area contributed by atoms with Gasteiger partial charge in [-0.2, -0.15) is 4.37 Å². The van der Waals surface area contributed by atoms with Crippen molar-refractivity contribution in [3.63, 3.8) is 0 Å². The Bertz CT molecular complexity index is 464. The first kappa shape index (κ1) is 14.3. The van der Waals surface area contributed by atoms with E-state index >= 15 is 0 Å². The summed E-state index contributed by atoms with van der Waals surface area (Å²) in [5.41, 5.74) is 1.05. The highest BCUT2D eigenvalue weighted by Crippen LogP contribution is 2.35. The van der Waals surface area contributed by atoms with Crippen LogP contribution < -0.4 is 5.32 Å². The molecule has 0 radical (unpaired) electrons. The molecule has 1 fully saturated rings. The van der Waals surface area contributed by atoms with Gasteiger partial charge < -0.3 is 15.3 Å². The summed E-state index contributed by atoms with van der Waals surface area (Å²) in [6.45, 7) is 2.52. The molecular formula is C13H21N3O2S. The van der Waals surface area contributed by atoms with Crippen LogP contribution >= 0.6 is 11.5 Å². The Morgan fingerprint density at radius 1 is 1.47 bits per heavy atom. The second-order valence-electron chi connectivity index (χ2n) is 5.46. The fraction of sp³-hybridized carbons (Fsp3) is 0.692. The van der Waals surface area contributed by atoms with Gasteiger partial charge in [-0.1, -0.05) is 12.8 Å². The summed E-state index contributed by atoms with van der Waals surface area (Å²) in [6.07, 6.45) is 4.81. The fourth-order valence-electron chi connectivity index (χ4n) is 2.80. The lowest BCUT2D eigenvalue weighted by atomic mass is 9.96. The molecule has 1 aromatic heterocycles. The van der Waals surface area contributed by atoms with E-state index in [1.165, 1.54) is 24.4 Å². The summed E-state index contributed by atoms with van der Waals surface area (Å²) in [4.78, 5) is 13.5. The molecule has 1 aliphatic rings. The molecule has 106 valence electrons. The number of likely N-dealkylation sites (N-methyl/N-ethyl adjacent to an activating group) is 1. The van der Waals surface area contributed by atoms with Gasteiger partial charge in [-0.25, -0.2) is 4.79 Å². The van der Waals surface area contributed by atoms with Crippen molar-refractivity contribution in [2.75, 3.05) is 26.0 Å². The zero-order chi connectivity index (χ0) is 14.0. The average Bonchev–Trinajstić information content (AvgIpc) is 2.93. The monoisotopic (exact) mass is 283 g/mol. The minimum absolute atomic E-state index is 0.146. The number of nitrogens with zero attached hydrogens (tertiary/aromatic N) is 2. The quantitative estimate of drug-likeness (QED) is 0.869. The predicted octanol–water partition coefficient (Wildman–Crippen LogP) is 2.44. The van der Waals surface area contributed by atoms with Crippen LogP contribution in [0.4, 0.5) is 5.00 Å². The molecule has 1 aromatic rings. The van der Waals surface area contributed by atoms with Crippen molar-refractivity contribution in [3.8, 4) is 0 Å². The second kappa shape index (κ2) is 5.46. The van der Waals surface area contributed by atoms with E-state index in [1.54, 1.807) is 6.92 Å². The van der Waals surface area contributed by atoms with Crippen molar-refractivity contribution in [1.82, 2.24) is 9.27 Å². The lowest BCUT2D eigenvalue weighted by Crippen LogP contribution is -2.47. The minimum atomic E-state index is -0.904. The molecular weight excluding hydrogens is 262 g/mol. The summed E-state index contributed by atoms with van der Waals surface area (Å²) in [5.74, 6) is -0.904. The number of anilines is 1. The van der Waals surface area contributed by atoms with Crippen molar-refractivity contribution in [2.24, 2.45) is 0 Å². The van der Waals surface area contributed by atoms with Gasteiger partial charge in [-0.05, 0) is 45.4 Å². The maximum Gasteiger partial charge on any atom is 0.340 e. The highest BCUT2D eigenvalue weighted by Gasteiger charge is 2.36. The molecule has 0 atom stereocenters. The van der Waals surface area contributed by atoms with E-state index in [2.05, 4.69) is 28.7 Å². The highest BCUT2D eigenvalue weighted by molar-refractivity contribution is 7.10. The Kier molecular flexibility index (Phi) is 4.10. The number of aromatic nitrogens is 1. The molecule has 2 rings (SSSR count). The van der Waals surface area contributed by atoms with E-state index < -0.39 is 5.97 Å². The number of aromatic carboxylic acids is 1. The number of carbonyl (C=O) groups is 1. The predicted molar refractivity (Wildman–Crippen MR) is 77.2 cm³/mol. The Morgan fingerprint density at radius 2 is 2.11 bits per heavy atom. The molecule has 0 bridgehead atoms. The first-order chi connectivity index (χ1) is 8.96. The van der Waals surface area contributed by atoms with E-state index in [0.717, 1.165) is 19.4 Å². The highest BCUT2D eigenvalue weighted by atomic mass is 32.1. The molecule has 1 saturated carbocycles. The van der Waals surface area contributed by atoms with Crippen LogP contribution in [0.5, 0.6) is 0 Å². The number of nitrogens with one attached hydrogen (secondary N) is 1. The summed E-state index contributed by atoms with van der Waals surface area (Å²) in [5, 5.41) is 13.2. The number of aryl methyl sites for hydroxylation is 1. The molecule has 19 heavy (non-hydrogen) atoms. The third-order valence-electron chi connectivity index (χ3n) is 4.14. The molecule has 0 amide bonds. The topological polar surface area (TPSA) is 65.5 Å². The van der Waals surface area contributed by atoms with Gasteiger partial charge in [0.15, 0.2) is 0 Å². The van der Waals surface area contributed by atoms with Crippen LogP contribution in [0.2, 0.25) is 0 Å². The molecule has 5 nitrogen and oxygen atoms in total. The van der Waals surface area contributed by atoms with E-state index in [0.29, 0.717) is 16.3 Å². The summed E-state index contributed by atoms with van der Waals surface area (Å²) in [6, 6.07) is 0. The van der Waals surface area contributed by atoms with E-state index in [-0.39, 0.29) is 5.54 Å².